The number of sulfonamides is 1. The molecule has 1 aromatic heterocycles. The number of anilines is 1. The molecule has 2 aromatic carbocycles. The van der Waals surface area contributed by atoms with Crippen LogP contribution in [0.5, 0.6) is 0 Å². The topological polar surface area (TPSA) is 106 Å². The molecule has 1 saturated carbocycles. The SMILES string of the molecule is O=C(CSc1nnc(C2CC2)n1-c1ccccc1)Nc1ccc(S(=O)(=O)N2CCOCC2)cc1. The van der Waals surface area contributed by atoms with Gasteiger partial charge in [-0.1, -0.05) is 30.0 Å². The molecule has 0 radical (unpaired) electrons. The predicted octanol–water partition coefficient (Wildman–Crippen LogP) is 2.90. The number of ether oxygens (including phenoxy) is 1. The average molecular weight is 500 g/mol. The lowest BCUT2D eigenvalue weighted by Gasteiger charge is -2.26. The number of morpholine rings is 1. The summed E-state index contributed by atoms with van der Waals surface area (Å²) >= 11 is 1.32. The molecule has 178 valence electrons. The lowest BCUT2D eigenvalue weighted by atomic mass is 10.3. The van der Waals surface area contributed by atoms with Crippen LogP contribution in [0.25, 0.3) is 5.69 Å². The lowest BCUT2D eigenvalue weighted by molar-refractivity contribution is -0.113. The number of rotatable bonds is 8. The summed E-state index contributed by atoms with van der Waals surface area (Å²) in [5.74, 6) is 1.31. The van der Waals surface area contributed by atoms with Gasteiger partial charge in [0.25, 0.3) is 0 Å². The predicted molar refractivity (Wildman–Crippen MR) is 129 cm³/mol. The molecule has 1 N–H and O–H groups in total. The number of thioether (sulfide) groups is 1. The highest BCUT2D eigenvalue weighted by atomic mass is 32.2. The third kappa shape index (κ3) is 5.02. The van der Waals surface area contributed by atoms with Crippen LogP contribution in [0, 0.1) is 0 Å². The third-order valence-corrected chi connectivity index (χ3v) is 8.54. The number of nitrogens with one attached hydrogen (secondary N) is 1. The van der Waals surface area contributed by atoms with Crippen molar-refractivity contribution < 1.29 is 17.9 Å². The van der Waals surface area contributed by atoms with Crippen LogP contribution in [-0.2, 0) is 19.6 Å². The molecule has 1 saturated heterocycles. The number of aromatic nitrogens is 3. The standard InChI is InChI=1S/C23H25N5O4S2/c29-21(24-18-8-10-20(11-9-18)34(30,31)27-12-14-32-15-13-27)16-33-23-26-25-22(17-6-7-17)28(23)19-4-2-1-3-5-19/h1-5,8-11,17H,6-7,12-16H2,(H,24,29). The fraction of sp³-hybridized carbons (Fsp3) is 0.348. The van der Waals surface area contributed by atoms with Crippen LogP contribution in [0.2, 0.25) is 0 Å². The molecule has 9 nitrogen and oxygen atoms in total. The Hall–Kier alpha value is -2.73. The van der Waals surface area contributed by atoms with E-state index in [4.69, 9.17) is 4.74 Å². The van der Waals surface area contributed by atoms with Crippen LogP contribution >= 0.6 is 11.8 Å². The summed E-state index contributed by atoms with van der Waals surface area (Å²) in [5.41, 5.74) is 1.52. The Bertz CT molecular complexity index is 1250. The Morgan fingerprint density at radius 1 is 1.03 bits per heavy atom. The first-order chi connectivity index (χ1) is 16.5. The van der Waals surface area contributed by atoms with Gasteiger partial charge >= 0.3 is 0 Å². The van der Waals surface area contributed by atoms with E-state index in [2.05, 4.69) is 15.5 Å². The molecule has 1 aliphatic carbocycles. The van der Waals surface area contributed by atoms with Crippen molar-refractivity contribution in [2.75, 3.05) is 37.4 Å². The summed E-state index contributed by atoms with van der Waals surface area (Å²) in [6.45, 7) is 1.47. The van der Waals surface area contributed by atoms with Crippen molar-refractivity contribution in [2.24, 2.45) is 0 Å². The van der Waals surface area contributed by atoms with Gasteiger partial charge in [-0.3, -0.25) is 9.36 Å². The Balaban J connectivity index is 1.23. The van der Waals surface area contributed by atoms with Crippen LogP contribution in [0.3, 0.4) is 0 Å². The van der Waals surface area contributed by atoms with E-state index < -0.39 is 10.0 Å². The van der Waals surface area contributed by atoms with Crippen molar-refractivity contribution in [1.29, 1.82) is 0 Å². The Labute approximate surface area is 202 Å². The van der Waals surface area contributed by atoms with Crippen molar-refractivity contribution in [2.45, 2.75) is 28.8 Å². The summed E-state index contributed by atoms with van der Waals surface area (Å²) in [7, 11) is -3.57. The largest absolute Gasteiger partial charge is 0.379 e. The van der Waals surface area contributed by atoms with Gasteiger partial charge in [-0.05, 0) is 49.2 Å². The van der Waals surface area contributed by atoms with Crippen molar-refractivity contribution in [3.63, 3.8) is 0 Å². The Kier molecular flexibility index (Phi) is 6.68. The molecule has 2 aliphatic rings. The second-order valence-corrected chi connectivity index (χ2v) is 11.0. The molecule has 0 bridgehead atoms. The molecule has 0 atom stereocenters. The highest BCUT2D eigenvalue weighted by Gasteiger charge is 2.31. The number of carbonyl (C=O) groups excluding carboxylic acids is 1. The molecular formula is C23H25N5O4S2. The van der Waals surface area contributed by atoms with Crippen molar-refractivity contribution >= 4 is 33.4 Å². The molecule has 1 aliphatic heterocycles. The summed E-state index contributed by atoms with van der Waals surface area (Å²) in [6.07, 6.45) is 2.21. The number of benzene rings is 2. The van der Waals surface area contributed by atoms with Crippen LogP contribution < -0.4 is 5.32 Å². The molecule has 2 heterocycles. The van der Waals surface area contributed by atoms with E-state index >= 15 is 0 Å². The minimum atomic E-state index is -3.57. The van der Waals surface area contributed by atoms with Gasteiger partial charge in [0.1, 0.15) is 5.82 Å². The van der Waals surface area contributed by atoms with Gasteiger partial charge in [-0.25, -0.2) is 8.42 Å². The second kappa shape index (κ2) is 9.87. The van der Waals surface area contributed by atoms with E-state index in [1.54, 1.807) is 12.1 Å². The van der Waals surface area contributed by atoms with E-state index in [0.717, 1.165) is 24.4 Å². The van der Waals surface area contributed by atoms with Gasteiger partial charge in [0, 0.05) is 30.4 Å². The van der Waals surface area contributed by atoms with Gasteiger partial charge in [0.05, 0.1) is 23.9 Å². The number of nitrogens with zero attached hydrogens (tertiary/aromatic N) is 4. The molecule has 0 spiro atoms. The second-order valence-electron chi connectivity index (χ2n) is 8.16. The summed E-state index contributed by atoms with van der Waals surface area (Å²) in [5, 5.41) is 12.2. The van der Waals surface area contributed by atoms with Crippen LogP contribution in [0.4, 0.5) is 5.69 Å². The van der Waals surface area contributed by atoms with Crippen LogP contribution in [0.1, 0.15) is 24.6 Å². The number of hydrogen-bond donors (Lipinski definition) is 1. The van der Waals surface area contributed by atoms with E-state index in [1.165, 1.54) is 28.2 Å². The van der Waals surface area contributed by atoms with E-state index in [-0.39, 0.29) is 16.6 Å². The fourth-order valence-electron chi connectivity index (χ4n) is 3.77. The first kappa shape index (κ1) is 23.0. The zero-order valence-electron chi connectivity index (χ0n) is 18.5. The first-order valence-corrected chi connectivity index (χ1v) is 13.6. The highest BCUT2D eigenvalue weighted by Crippen LogP contribution is 2.41. The zero-order valence-corrected chi connectivity index (χ0v) is 20.1. The number of hydrogen-bond acceptors (Lipinski definition) is 7. The number of carbonyl (C=O) groups is 1. The summed E-state index contributed by atoms with van der Waals surface area (Å²) < 4.78 is 34.2. The third-order valence-electron chi connectivity index (χ3n) is 5.69. The maximum atomic E-state index is 12.7. The van der Waals surface area contributed by atoms with Gasteiger partial charge in [0.2, 0.25) is 15.9 Å². The van der Waals surface area contributed by atoms with Crippen molar-refractivity contribution in [1.82, 2.24) is 19.1 Å². The minimum absolute atomic E-state index is 0.156. The van der Waals surface area contributed by atoms with Crippen LogP contribution in [0.15, 0.2) is 64.6 Å². The van der Waals surface area contributed by atoms with Gasteiger partial charge in [-0.15, -0.1) is 10.2 Å². The molecule has 5 rings (SSSR count). The zero-order chi connectivity index (χ0) is 23.5. The normalized spacial score (nSPS) is 16.9. The van der Waals surface area contributed by atoms with Gasteiger partial charge < -0.3 is 10.1 Å². The molecule has 0 unspecified atom stereocenters. The lowest BCUT2D eigenvalue weighted by Crippen LogP contribution is -2.40. The fourth-order valence-corrected chi connectivity index (χ4v) is 5.94. The molecule has 1 amide bonds. The Morgan fingerprint density at radius 3 is 2.41 bits per heavy atom. The molecule has 34 heavy (non-hydrogen) atoms. The quantitative estimate of drug-likeness (QED) is 0.475. The van der Waals surface area contributed by atoms with E-state index in [9.17, 15) is 13.2 Å². The van der Waals surface area contributed by atoms with E-state index in [0.29, 0.717) is 43.1 Å². The van der Waals surface area contributed by atoms with Crippen molar-refractivity contribution in [3.8, 4) is 5.69 Å². The molecule has 11 heteroatoms. The van der Waals surface area contributed by atoms with Gasteiger partial charge in [0.15, 0.2) is 5.16 Å². The Morgan fingerprint density at radius 2 is 1.74 bits per heavy atom. The smallest absolute Gasteiger partial charge is 0.243 e. The van der Waals surface area contributed by atoms with Crippen molar-refractivity contribution in [3.05, 3.63) is 60.4 Å². The summed E-state index contributed by atoms with van der Waals surface area (Å²) in [6, 6.07) is 16.1. The monoisotopic (exact) mass is 499 g/mol. The van der Waals surface area contributed by atoms with Crippen LogP contribution in [-0.4, -0.2) is 65.5 Å². The maximum Gasteiger partial charge on any atom is 0.243 e. The molecular weight excluding hydrogens is 474 g/mol. The number of para-hydroxylation sites is 1. The number of amides is 1. The average Bonchev–Trinajstić information content (AvgIpc) is 3.63. The highest BCUT2D eigenvalue weighted by molar-refractivity contribution is 7.99. The van der Waals surface area contributed by atoms with Gasteiger partial charge in [-0.2, -0.15) is 4.31 Å². The maximum absolute atomic E-state index is 12.7. The molecule has 2 fully saturated rings. The molecule has 3 aromatic rings. The minimum Gasteiger partial charge on any atom is -0.379 e. The first-order valence-electron chi connectivity index (χ1n) is 11.1. The van der Waals surface area contributed by atoms with E-state index in [1.807, 2.05) is 34.9 Å². The summed E-state index contributed by atoms with van der Waals surface area (Å²) in [4.78, 5) is 12.8.